The Bertz CT molecular complexity index is 484. The van der Waals surface area contributed by atoms with E-state index >= 15 is 0 Å². The molecule has 0 fully saturated rings. The van der Waals surface area contributed by atoms with Gasteiger partial charge in [0.05, 0.1) is 0 Å². The van der Waals surface area contributed by atoms with Gasteiger partial charge in [-0.3, -0.25) is 0 Å². The van der Waals surface area contributed by atoms with Gasteiger partial charge >= 0.3 is 0 Å². The first-order chi connectivity index (χ1) is 10.7. The Hall–Kier alpha value is 0.850. The number of nitrogens with one attached hydrogen (secondary N) is 1. The molecule has 1 aliphatic rings. The molecule has 0 unspecified atom stereocenters. The fraction of sp³-hybridized carbons (Fsp3) is 0.750. The quantitative estimate of drug-likeness (QED) is 0.252. The van der Waals surface area contributed by atoms with Crippen molar-refractivity contribution in [3.05, 3.63) is 8.17 Å². The minimum atomic E-state index is -3.16. The van der Waals surface area contributed by atoms with Crippen LogP contribution < -0.4 is 4.72 Å². The maximum Gasteiger partial charge on any atom is 0.246 e. The summed E-state index contributed by atoms with van der Waals surface area (Å²) in [5, 5.41) is 0. The van der Waals surface area contributed by atoms with Gasteiger partial charge in [0, 0.05) is 6.54 Å². The molecule has 0 aromatic carbocycles. The van der Waals surface area contributed by atoms with E-state index in [1.807, 2.05) is 4.01 Å². The van der Waals surface area contributed by atoms with Crippen LogP contribution in [0.15, 0.2) is 8.17 Å². The zero-order valence-corrected chi connectivity index (χ0v) is 18.6. The minimum absolute atomic E-state index is 0.162. The van der Waals surface area contributed by atoms with E-state index in [4.69, 9.17) is 0 Å². The fourth-order valence-corrected chi connectivity index (χ4v) is 11.2. The highest BCUT2D eigenvalue weighted by atomic mass is 127. The van der Waals surface area contributed by atoms with Crippen LogP contribution in [0.2, 0.25) is 0 Å². The van der Waals surface area contributed by atoms with Crippen LogP contribution >= 0.6 is 41.5 Å². The predicted octanol–water partition coefficient (Wildman–Crippen LogP) is 5.19. The van der Waals surface area contributed by atoms with E-state index in [1.54, 1.807) is 0 Å². The predicted molar refractivity (Wildman–Crippen MR) is 117 cm³/mol. The third-order valence-electron chi connectivity index (χ3n) is 3.52. The second-order valence-electron chi connectivity index (χ2n) is 5.48. The van der Waals surface area contributed by atoms with Crippen molar-refractivity contribution in [1.29, 1.82) is 0 Å². The van der Waals surface area contributed by atoms with E-state index in [1.165, 1.54) is 51.4 Å². The Kier molecular flexibility index (Phi) is 12.5. The molecule has 0 saturated heterocycles. The van der Waals surface area contributed by atoms with Gasteiger partial charge in [-0.2, -0.15) is 0 Å². The summed E-state index contributed by atoms with van der Waals surface area (Å²) >= 11 is -0.587. The first kappa shape index (κ1) is 20.9. The van der Waals surface area contributed by atoms with Crippen molar-refractivity contribution in [3.8, 4) is 0 Å². The van der Waals surface area contributed by atoms with Crippen molar-refractivity contribution in [2.75, 3.05) is 6.54 Å². The molecule has 1 N–H and O–H groups in total. The lowest BCUT2D eigenvalue weighted by atomic mass is 10.1. The van der Waals surface area contributed by atoms with Crippen molar-refractivity contribution in [3.63, 3.8) is 0 Å². The largest absolute Gasteiger partial charge is 0.246 e. The molecule has 130 valence electrons. The molecule has 1 aliphatic heterocycles. The fourth-order valence-electron chi connectivity index (χ4n) is 2.23. The molecule has 1 heterocycles. The standard InChI is InChI=1S/C16H29I2NO2S/c1-2-3-4-5-6-7-8-9-10-11-14-19-22(20,21)16-15-17-12-13-18-16/h12-13,15,19H,2-11,14H2,1H3. The van der Waals surface area contributed by atoms with E-state index in [9.17, 15) is 8.42 Å². The molecule has 0 radical (unpaired) electrons. The molecule has 0 spiro atoms. The highest BCUT2D eigenvalue weighted by Crippen LogP contribution is 2.17. The van der Waals surface area contributed by atoms with E-state index < -0.39 is 30.8 Å². The molecule has 0 aromatic heterocycles. The third-order valence-corrected chi connectivity index (χ3v) is 13.5. The number of unbranched alkanes of at least 4 members (excludes halogenated alkanes) is 9. The highest BCUT2D eigenvalue weighted by Gasteiger charge is 2.15. The molecule has 3 nitrogen and oxygen atoms in total. The molecule has 0 amide bonds. The molecule has 0 aromatic rings. The molecular formula is C16H29I2NO2S. The summed E-state index contributed by atoms with van der Waals surface area (Å²) < 4.78 is 33.8. The number of hydrogen-bond donors (Lipinski definition) is 1. The van der Waals surface area contributed by atoms with Crippen molar-refractivity contribution >= 4 is 58.3 Å². The molecule has 0 bridgehead atoms. The van der Waals surface area contributed by atoms with Crippen molar-refractivity contribution in [1.82, 2.24) is 4.72 Å². The minimum Gasteiger partial charge on any atom is -0.211 e. The van der Waals surface area contributed by atoms with Crippen LogP contribution in [0.5, 0.6) is 0 Å². The second-order valence-corrected chi connectivity index (χ2v) is 12.5. The van der Waals surface area contributed by atoms with Crippen molar-refractivity contribution < 1.29 is 8.42 Å². The normalized spacial score (nSPS) is 15.0. The van der Waals surface area contributed by atoms with E-state index in [-0.39, 0.29) is 20.7 Å². The smallest absolute Gasteiger partial charge is 0.211 e. The van der Waals surface area contributed by atoms with Gasteiger partial charge in [-0.25, -0.2) is 13.1 Å². The summed E-state index contributed by atoms with van der Waals surface area (Å²) in [4.78, 5) is 0. The molecule has 0 aliphatic carbocycles. The van der Waals surface area contributed by atoms with Gasteiger partial charge in [-0.1, -0.05) is 106 Å². The van der Waals surface area contributed by atoms with Crippen LogP contribution in [0.1, 0.15) is 71.1 Å². The Morgan fingerprint density at radius 2 is 1.50 bits per heavy atom. The lowest BCUT2D eigenvalue weighted by molar-refractivity contribution is 0.551. The van der Waals surface area contributed by atoms with Gasteiger partial charge < -0.3 is 0 Å². The highest BCUT2D eigenvalue weighted by molar-refractivity contribution is 14.2. The Labute approximate surface area is 156 Å². The van der Waals surface area contributed by atoms with Gasteiger partial charge in [-0.15, -0.1) is 0 Å². The maximum atomic E-state index is 12.1. The van der Waals surface area contributed by atoms with E-state index in [0.717, 1.165) is 12.8 Å². The first-order valence-corrected chi connectivity index (χ1v) is 14.6. The van der Waals surface area contributed by atoms with E-state index in [0.29, 0.717) is 9.39 Å². The van der Waals surface area contributed by atoms with Crippen LogP contribution in [0.25, 0.3) is 0 Å². The Balaban J connectivity index is 1.98. The summed E-state index contributed by atoms with van der Waals surface area (Å²) in [6.07, 6.45) is 12.8. The average Bonchev–Trinajstić information content (AvgIpc) is 2.53. The number of halogens is 2. The molecule has 22 heavy (non-hydrogen) atoms. The topological polar surface area (TPSA) is 46.2 Å². The van der Waals surface area contributed by atoms with Crippen LogP contribution in [0.3, 0.4) is 0 Å². The molecule has 0 atom stereocenters. The molecule has 6 heteroatoms. The summed E-state index contributed by atoms with van der Waals surface area (Å²) in [5.74, 6) is 0. The summed E-state index contributed by atoms with van der Waals surface area (Å²) in [6, 6.07) is 0. The lowest BCUT2D eigenvalue weighted by Gasteiger charge is -2.07. The first-order valence-electron chi connectivity index (χ1n) is 8.27. The van der Waals surface area contributed by atoms with E-state index in [2.05, 4.69) is 19.8 Å². The summed E-state index contributed by atoms with van der Waals surface area (Å²) in [7, 11) is -3.16. The lowest BCUT2D eigenvalue weighted by Crippen LogP contribution is -2.31. The summed E-state index contributed by atoms with van der Waals surface area (Å²) in [6.45, 7) is 2.85. The SMILES string of the molecule is CCCCCCCCCCCCNS(=O)(=O)C1=IC=CI=C1. The van der Waals surface area contributed by atoms with Crippen LogP contribution in [0.4, 0.5) is 0 Å². The zero-order chi connectivity index (χ0) is 16.1. The van der Waals surface area contributed by atoms with Gasteiger partial charge in [0.15, 0.2) is 0 Å². The van der Waals surface area contributed by atoms with Gasteiger partial charge in [0.2, 0.25) is 10.0 Å². The van der Waals surface area contributed by atoms with Crippen LogP contribution in [0, 0.1) is 0 Å². The zero-order valence-electron chi connectivity index (χ0n) is 13.5. The van der Waals surface area contributed by atoms with Crippen LogP contribution in [-0.4, -0.2) is 21.8 Å². The Morgan fingerprint density at radius 1 is 0.909 bits per heavy atom. The number of sulfonamides is 1. The number of rotatable bonds is 13. The average molecular weight is 553 g/mol. The van der Waals surface area contributed by atoms with Gasteiger partial charge in [0.1, 0.15) is 2.84 Å². The van der Waals surface area contributed by atoms with Gasteiger partial charge in [-0.05, 0) is 18.6 Å². The maximum absolute atomic E-state index is 12.1. The van der Waals surface area contributed by atoms with Crippen molar-refractivity contribution in [2.45, 2.75) is 71.1 Å². The molecular weight excluding hydrogens is 524 g/mol. The third kappa shape index (κ3) is 9.87. The number of hydrogen-bond acceptors (Lipinski definition) is 2. The Morgan fingerprint density at radius 3 is 2.05 bits per heavy atom. The second kappa shape index (κ2) is 13.2. The van der Waals surface area contributed by atoms with Crippen molar-refractivity contribution in [2.24, 2.45) is 0 Å². The molecule has 0 saturated carbocycles. The van der Waals surface area contributed by atoms with Gasteiger partial charge in [0.25, 0.3) is 0 Å². The van der Waals surface area contributed by atoms with Crippen LogP contribution in [-0.2, 0) is 10.0 Å². The molecule has 1 rings (SSSR count). The monoisotopic (exact) mass is 553 g/mol. The summed E-state index contributed by atoms with van der Waals surface area (Å²) in [5.41, 5.74) is 0.